The molecule has 0 radical (unpaired) electrons. The largest absolute Gasteiger partial charge is 0.466 e. The predicted molar refractivity (Wildman–Crippen MR) is 324 cm³/mol. The Bertz CT molecular complexity index is 1240. The molecule has 6 heteroatoms. The minimum Gasteiger partial charge on any atom is -0.466 e. The second kappa shape index (κ2) is 63.4. The first-order chi connectivity index (χ1) is 36.5. The Morgan fingerprint density at radius 1 is 0.378 bits per heavy atom. The molecule has 0 aliphatic rings. The molecule has 0 rings (SSSR count). The van der Waals surface area contributed by atoms with E-state index < -0.39 is 12.1 Å². The van der Waals surface area contributed by atoms with E-state index in [4.69, 9.17) is 4.74 Å². The number of carbonyl (C=O) groups is 2. The van der Waals surface area contributed by atoms with Crippen molar-refractivity contribution in [1.82, 2.24) is 5.32 Å². The van der Waals surface area contributed by atoms with Crippen LogP contribution in [0.2, 0.25) is 0 Å². The van der Waals surface area contributed by atoms with Crippen molar-refractivity contribution in [1.29, 1.82) is 0 Å². The van der Waals surface area contributed by atoms with Crippen LogP contribution in [0.15, 0.2) is 48.6 Å². The minimum absolute atomic E-state index is 0.00350. The quantitative estimate of drug-likeness (QED) is 0.0320. The molecule has 2 atom stereocenters. The van der Waals surface area contributed by atoms with Crippen LogP contribution in [0, 0.1) is 0 Å². The maximum Gasteiger partial charge on any atom is 0.305 e. The Balaban J connectivity index is 3.42. The lowest BCUT2D eigenvalue weighted by atomic mass is 10.0. The monoisotopic (exact) mass is 1040 g/mol. The van der Waals surface area contributed by atoms with Crippen molar-refractivity contribution < 1.29 is 24.5 Å². The number of aliphatic hydroxyl groups excluding tert-OH is 2. The molecule has 0 aliphatic carbocycles. The van der Waals surface area contributed by atoms with Gasteiger partial charge < -0.3 is 20.3 Å². The number of amides is 1. The van der Waals surface area contributed by atoms with Crippen LogP contribution in [0.4, 0.5) is 0 Å². The zero-order valence-electron chi connectivity index (χ0n) is 49.6. The molecule has 0 heterocycles. The average molecular weight is 1040 g/mol. The summed E-state index contributed by atoms with van der Waals surface area (Å²) in [5, 5.41) is 23.3. The standard InChI is InChI=1S/C68H127NO5/c1-3-5-7-9-11-13-15-17-32-36-40-44-48-52-56-60-66(71)65(64-70)69-67(72)61-57-53-49-45-41-37-34-30-28-26-24-22-20-19-21-23-25-27-29-31-35-39-43-47-51-55-59-63-74-68(73)62-58-54-50-46-42-38-33-18-16-14-12-10-8-6-4-2/h12,14,18-20,23,25,33,65-66,70-71H,3-11,13,15-17,21-22,24,26-32,34-64H2,1-2H3,(H,69,72)/b14-12-,20-19-,25-23-,33-18-. The Labute approximate surface area is 461 Å². The normalized spacial score (nSPS) is 12.9. The van der Waals surface area contributed by atoms with Crippen molar-refractivity contribution >= 4 is 11.9 Å². The Morgan fingerprint density at radius 3 is 1.05 bits per heavy atom. The van der Waals surface area contributed by atoms with Crippen molar-refractivity contribution in [3.63, 3.8) is 0 Å². The molecule has 0 saturated carbocycles. The second-order valence-electron chi connectivity index (χ2n) is 22.4. The third-order valence-corrected chi connectivity index (χ3v) is 15.1. The molecule has 0 aliphatic heterocycles. The number of nitrogens with one attached hydrogen (secondary N) is 1. The fraction of sp³-hybridized carbons (Fsp3) is 0.853. The van der Waals surface area contributed by atoms with E-state index in [9.17, 15) is 19.8 Å². The van der Waals surface area contributed by atoms with Gasteiger partial charge in [-0.1, -0.05) is 294 Å². The maximum atomic E-state index is 12.5. The minimum atomic E-state index is -0.667. The molecule has 0 spiro atoms. The van der Waals surface area contributed by atoms with E-state index in [1.807, 2.05) is 0 Å². The van der Waals surface area contributed by atoms with Crippen LogP contribution in [0.1, 0.15) is 348 Å². The number of allylic oxidation sites excluding steroid dienone is 8. The molecule has 434 valence electrons. The summed E-state index contributed by atoms with van der Waals surface area (Å²) < 4.78 is 5.48. The first-order valence-corrected chi connectivity index (χ1v) is 32.9. The topological polar surface area (TPSA) is 95.9 Å². The first-order valence-electron chi connectivity index (χ1n) is 32.9. The number of esters is 1. The van der Waals surface area contributed by atoms with E-state index in [2.05, 4.69) is 67.8 Å². The third kappa shape index (κ3) is 59.1. The number of carbonyl (C=O) groups excluding carboxylic acids is 2. The molecule has 6 nitrogen and oxygen atoms in total. The SMILES string of the molecule is CCCCC/C=C\C/C=C\CCCCCCCC(=O)OCCCCCCCCCCC/C=C\C/C=C\CCCCCCCCCCCCCC(=O)NC(CO)C(O)CCCCCCCCCCCCCCCCC. The highest BCUT2D eigenvalue weighted by Gasteiger charge is 2.20. The fourth-order valence-electron chi connectivity index (χ4n) is 10.1. The number of hydrogen-bond donors (Lipinski definition) is 3. The highest BCUT2D eigenvalue weighted by Crippen LogP contribution is 2.17. The molecule has 0 aromatic heterocycles. The van der Waals surface area contributed by atoms with Crippen molar-refractivity contribution in [3.8, 4) is 0 Å². The highest BCUT2D eigenvalue weighted by molar-refractivity contribution is 5.76. The summed E-state index contributed by atoms with van der Waals surface area (Å²) in [4.78, 5) is 24.5. The summed E-state index contributed by atoms with van der Waals surface area (Å²) in [5.74, 6) is -0.0403. The van der Waals surface area contributed by atoms with Gasteiger partial charge in [0, 0.05) is 12.8 Å². The van der Waals surface area contributed by atoms with E-state index in [1.54, 1.807) is 0 Å². The van der Waals surface area contributed by atoms with Gasteiger partial charge >= 0.3 is 5.97 Å². The fourth-order valence-corrected chi connectivity index (χ4v) is 10.1. The Hall–Kier alpha value is -2.18. The number of rotatable bonds is 61. The third-order valence-electron chi connectivity index (χ3n) is 15.1. The molecule has 0 aromatic carbocycles. The number of hydrogen-bond acceptors (Lipinski definition) is 5. The van der Waals surface area contributed by atoms with Crippen LogP contribution in [-0.2, 0) is 14.3 Å². The van der Waals surface area contributed by atoms with E-state index in [1.165, 1.54) is 257 Å². The van der Waals surface area contributed by atoms with Gasteiger partial charge in [0.2, 0.25) is 5.91 Å². The van der Waals surface area contributed by atoms with Gasteiger partial charge in [0.05, 0.1) is 25.4 Å². The van der Waals surface area contributed by atoms with Gasteiger partial charge in [0.15, 0.2) is 0 Å². The summed E-state index contributed by atoms with van der Waals surface area (Å²) in [6, 6.07) is -0.544. The van der Waals surface area contributed by atoms with Gasteiger partial charge in [-0.2, -0.15) is 0 Å². The van der Waals surface area contributed by atoms with Crippen molar-refractivity contribution in [3.05, 3.63) is 48.6 Å². The van der Waals surface area contributed by atoms with Gasteiger partial charge in [-0.15, -0.1) is 0 Å². The Kier molecular flexibility index (Phi) is 61.5. The zero-order valence-corrected chi connectivity index (χ0v) is 49.6. The lowest BCUT2D eigenvalue weighted by molar-refractivity contribution is -0.143. The highest BCUT2D eigenvalue weighted by atomic mass is 16.5. The second-order valence-corrected chi connectivity index (χ2v) is 22.4. The zero-order chi connectivity index (χ0) is 53.6. The molecular formula is C68H127NO5. The first kappa shape index (κ1) is 71.8. The Morgan fingerprint density at radius 2 is 0.676 bits per heavy atom. The molecule has 74 heavy (non-hydrogen) atoms. The molecule has 1 amide bonds. The molecule has 0 saturated heterocycles. The summed E-state index contributed by atoms with van der Waals surface area (Å²) >= 11 is 0. The molecule has 0 aromatic rings. The lowest BCUT2D eigenvalue weighted by Crippen LogP contribution is -2.45. The van der Waals surface area contributed by atoms with Crippen LogP contribution >= 0.6 is 0 Å². The smallest absolute Gasteiger partial charge is 0.305 e. The lowest BCUT2D eigenvalue weighted by Gasteiger charge is -2.22. The molecule has 0 bridgehead atoms. The number of ether oxygens (including phenoxy) is 1. The van der Waals surface area contributed by atoms with Gasteiger partial charge in [0.25, 0.3) is 0 Å². The summed E-state index contributed by atoms with van der Waals surface area (Å²) in [7, 11) is 0. The van der Waals surface area contributed by atoms with Crippen LogP contribution in [0.25, 0.3) is 0 Å². The van der Waals surface area contributed by atoms with Crippen molar-refractivity contribution in [2.45, 2.75) is 360 Å². The summed E-state index contributed by atoms with van der Waals surface area (Å²) in [6.07, 6.45) is 81.3. The summed E-state index contributed by atoms with van der Waals surface area (Å²) in [6.45, 7) is 4.93. The van der Waals surface area contributed by atoms with Crippen molar-refractivity contribution in [2.75, 3.05) is 13.2 Å². The van der Waals surface area contributed by atoms with Gasteiger partial charge in [-0.3, -0.25) is 9.59 Å². The van der Waals surface area contributed by atoms with Crippen molar-refractivity contribution in [2.24, 2.45) is 0 Å². The van der Waals surface area contributed by atoms with Crippen LogP contribution < -0.4 is 5.32 Å². The van der Waals surface area contributed by atoms with Crippen LogP contribution in [0.3, 0.4) is 0 Å². The van der Waals surface area contributed by atoms with Gasteiger partial charge in [0.1, 0.15) is 0 Å². The van der Waals surface area contributed by atoms with Gasteiger partial charge in [-0.25, -0.2) is 0 Å². The van der Waals surface area contributed by atoms with E-state index in [0.29, 0.717) is 25.9 Å². The average Bonchev–Trinajstić information content (AvgIpc) is 3.40. The van der Waals surface area contributed by atoms with Gasteiger partial charge in [-0.05, 0) is 89.9 Å². The molecule has 2 unspecified atom stereocenters. The van der Waals surface area contributed by atoms with E-state index >= 15 is 0 Å². The number of unbranched alkanes of at least 4 members (excludes halogenated alkanes) is 42. The predicted octanol–water partition coefficient (Wildman–Crippen LogP) is 20.9. The van der Waals surface area contributed by atoms with E-state index in [-0.39, 0.29) is 18.5 Å². The van der Waals surface area contributed by atoms with Crippen LogP contribution in [-0.4, -0.2) is 47.4 Å². The van der Waals surface area contributed by atoms with Crippen LogP contribution in [0.5, 0.6) is 0 Å². The summed E-state index contributed by atoms with van der Waals surface area (Å²) in [5.41, 5.74) is 0. The molecule has 0 fully saturated rings. The van der Waals surface area contributed by atoms with E-state index in [0.717, 1.165) is 57.8 Å². The molecule has 3 N–H and O–H groups in total. The maximum absolute atomic E-state index is 12.5. The molecular weight excluding hydrogens is 911 g/mol. The number of aliphatic hydroxyl groups is 2.